The summed E-state index contributed by atoms with van der Waals surface area (Å²) in [4.78, 5) is 0. The van der Waals surface area contributed by atoms with Crippen molar-refractivity contribution in [3.05, 3.63) is 34.3 Å². The van der Waals surface area contributed by atoms with Crippen LogP contribution in [0.1, 0.15) is 18.1 Å². The Hall–Kier alpha value is -0.240. The molecule has 0 aliphatic rings. The van der Waals surface area contributed by atoms with Crippen LogP contribution in [0.4, 0.5) is 0 Å². The van der Waals surface area contributed by atoms with Gasteiger partial charge in [0.25, 0.3) is 0 Å². The highest BCUT2D eigenvalue weighted by Gasteiger charge is 2.05. The molecule has 0 radical (unpaired) electrons. The van der Waals surface area contributed by atoms with Gasteiger partial charge in [0.05, 0.1) is 0 Å². The van der Waals surface area contributed by atoms with E-state index >= 15 is 0 Å². The standard InChI is InChI=1S/C10H13Cl2N/c1-7(11)4-9-5-10(12)3-2-8(9)6-13/h2-3,5,7H,4,6,13H2,1H3. The maximum absolute atomic E-state index is 5.91. The van der Waals surface area contributed by atoms with Gasteiger partial charge in [-0.25, -0.2) is 0 Å². The van der Waals surface area contributed by atoms with E-state index < -0.39 is 0 Å². The van der Waals surface area contributed by atoms with E-state index in [1.807, 2.05) is 25.1 Å². The lowest BCUT2D eigenvalue weighted by Gasteiger charge is -2.09. The van der Waals surface area contributed by atoms with E-state index in [4.69, 9.17) is 28.9 Å². The van der Waals surface area contributed by atoms with Crippen LogP contribution >= 0.6 is 23.2 Å². The van der Waals surface area contributed by atoms with E-state index in [9.17, 15) is 0 Å². The number of hydrogen-bond acceptors (Lipinski definition) is 1. The van der Waals surface area contributed by atoms with Crippen LogP contribution in [0.3, 0.4) is 0 Å². The van der Waals surface area contributed by atoms with Crippen molar-refractivity contribution >= 4 is 23.2 Å². The molecule has 13 heavy (non-hydrogen) atoms. The lowest BCUT2D eigenvalue weighted by Crippen LogP contribution is -2.05. The molecular formula is C10H13Cl2N. The zero-order valence-corrected chi connectivity index (χ0v) is 9.07. The molecule has 72 valence electrons. The van der Waals surface area contributed by atoms with Crippen molar-refractivity contribution in [2.45, 2.75) is 25.3 Å². The minimum Gasteiger partial charge on any atom is -0.326 e. The van der Waals surface area contributed by atoms with Crippen LogP contribution in [-0.2, 0) is 13.0 Å². The number of benzene rings is 1. The van der Waals surface area contributed by atoms with Gasteiger partial charge in [-0.1, -0.05) is 17.7 Å². The first-order valence-electron chi connectivity index (χ1n) is 4.25. The summed E-state index contributed by atoms with van der Waals surface area (Å²) in [5.41, 5.74) is 7.86. The van der Waals surface area contributed by atoms with Gasteiger partial charge >= 0.3 is 0 Å². The molecule has 0 heterocycles. The van der Waals surface area contributed by atoms with Crippen LogP contribution in [0.15, 0.2) is 18.2 Å². The Morgan fingerprint density at radius 1 is 1.38 bits per heavy atom. The lowest BCUT2D eigenvalue weighted by atomic mass is 10.0. The van der Waals surface area contributed by atoms with Gasteiger partial charge in [0.2, 0.25) is 0 Å². The zero-order chi connectivity index (χ0) is 9.84. The zero-order valence-electron chi connectivity index (χ0n) is 7.56. The van der Waals surface area contributed by atoms with Crippen LogP contribution in [-0.4, -0.2) is 5.38 Å². The van der Waals surface area contributed by atoms with Gasteiger partial charge < -0.3 is 5.73 Å². The molecule has 1 nitrogen and oxygen atoms in total. The largest absolute Gasteiger partial charge is 0.326 e. The van der Waals surface area contributed by atoms with Gasteiger partial charge in [0, 0.05) is 16.9 Å². The molecule has 0 fully saturated rings. The second kappa shape index (κ2) is 4.85. The van der Waals surface area contributed by atoms with Crippen LogP contribution < -0.4 is 5.73 Å². The topological polar surface area (TPSA) is 26.0 Å². The summed E-state index contributed by atoms with van der Waals surface area (Å²) in [5, 5.41) is 0.855. The van der Waals surface area contributed by atoms with Gasteiger partial charge in [0.1, 0.15) is 0 Å². The van der Waals surface area contributed by atoms with Crippen molar-refractivity contribution in [1.29, 1.82) is 0 Å². The van der Waals surface area contributed by atoms with E-state index in [2.05, 4.69) is 0 Å². The summed E-state index contributed by atoms with van der Waals surface area (Å²) in [6, 6.07) is 5.74. The van der Waals surface area contributed by atoms with E-state index in [0.717, 1.165) is 22.6 Å². The van der Waals surface area contributed by atoms with Crippen molar-refractivity contribution in [2.24, 2.45) is 5.73 Å². The fraction of sp³-hybridized carbons (Fsp3) is 0.400. The van der Waals surface area contributed by atoms with Gasteiger partial charge in [-0.2, -0.15) is 0 Å². The molecule has 0 aliphatic heterocycles. The van der Waals surface area contributed by atoms with Crippen molar-refractivity contribution in [3.8, 4) is 0 Å². The van der Waals surface area contributed by atoms with Gasteiger partial charge in [-0.15, -0.1) is 11.6 Å². The Labute approximate surface area is 88.8 Å². The molecule has 0 saturated heterocycles. The van der Waals surface area contributed by atoms with Crippen molar-refractivity contribution in [3.63, 3.8) is 0 Å². The Morgan fingerprint density at radius 3 is 2.62 bits per heavy atom. The number of alkyl halides is 1. The number of hydrogen-bond donors (Lipinski definition) is 1. The summed E-state index contributed by atoms with van der Waals surface area (Å²) in [7, 11) is 0. The Kier molecular flexibility index (Phi) is 4.04. The van der Waals surface area contributed by atoms with E-state index in [-0.39, 0.29) is 5.38 Å². The quantitative estimate of drug-likeness (QED) is 0.775. The normalized spacial score (nSPS) is 12.9. The average molecular weight is 218 g/mol. The molecule has 1 aromatic rings. The first kappa shape index (κ1) is 10.8. The molecule has 1 unspecified atom stereocenters. The summed E-state index contributed by atoms with van der Waals surface area (Å²) in [6.07, 6.45) is 0.814. The van der Waals surface area contributed by atoms with Crippen molar-refractivity contribution in [1.82, 2.24) is 0 Å². The predicted octanol–water partition coefficient (Wildman–Crippen LogP) is 2.97. The minimum atomic E-state index is 0.115. The maximum Gasteiger partial charge on any atom is 0.0408 e. The second-order valence-electron chi connectivity index (χ2n) is 3.10. The Balaban J connectivity index is 2.94. The molecule has 0 spiro atoms. The highest BCUT2D eigenvalue weighted by Crippen LogP contribution is 2.18. The molecule has 0 aliphatic carbocycles. The minimum absolute atomic E-state index is 0.115. The van der Waals surface area contributed by atoms with Crippen molar-refractivity contribution in [2.75, 3.05) is 0 Å². The SMILES string of the molecule is CC(Cl)Cc1cc(Cl)ccc1CN. The van der Waals surface area contributed by atoms with E-state index in [0.29, 0.717) is 6.54 Å². The van der Waals surface area contributed by atoms with Crippen LogP contribution in [0.25, 0.3) is 0 Å². The third kappa shape index (κ3) is 3.18. The fourth-order valence-corrected chi connectivity index (χ4v) is 1.65. The summed E-state index contributed by atoms with van der Waals surface area (Å²) in [5.74, 6) is 0. The molecule has 1 atom stereocenters. The number of nitrogens with two attached hydrogens (primary N) is 1. The molecule has 3 heteroatoms. The molecule has 0 saturated carbocycles. The maximum atomic E-state index is 5.91. The third-order valence-electron chi connectivity index (χ3n) is 1.89. The monoisotopic (exact) mass is 217 g/mol. The molecule has 0 amide bonds. The van der Waals surface area contributed by atoms with Gasteiger partial charge in [-0.05, 0) is 36.6 Å². The third-order valence-corrected chi connectivity index (χ3v) is 2.28. The van der Waals surface area contributed by atoms with Crippen LogP contribution in [0.2, 0.25) is 5.02 Å². The molecule has 1 aromatic carbocycles. The van der Waals surface area contributed by atoms with Crippen LogP contribution in [0.5, 0.6) is 0 Å². The number of rotatable bonds is 3. The second-order valence-corrected chi connectivity index (χ2v) is 4.28. The highest BCUT2D eigenvalue weighted by atomic mass is 35.5. The predicted molar refractivity (Wildman–Crippen MR) is 58.4 cm³/mol. The Bertz CT molecular complexity index is 284. The van der Waals surface area contributed by atoms with E-state index in [1.165, 1.54) is 0 Å². The molecule has 0 aromatic heterocycles. The first-order valence-corrected chi connectivity index (χ1v) is 5.06. The van der Waals surface area contributed by atoms with Crippen LogP contribution in [0, 0.1) is 0 Å². The summed E-state index contributed by atoms with van der Waals surface area (Å²) < 4.78 is 0. The van der Waals surface area contributed by atoms with Gasteiger partial charge in [0.15, 0.2) is 0 Å². The number of halogens is 2. The van der Waals surface area contributed by atoms with E-state index in [1.54, 1.807) is 0 Å². The average Bonchev–Trinajstić information content (AvgIpc) is 2.03. The highest BCUT2D eigenvalue weighted by molar-refractivity contribution is 6.30. The summed E-state index contributed by atoms with van der Waals surface area (Å²) in [6.45, 7) is 2.50. The molecule has 1 rings (SSSR count). The smallest absolute Gasteiger partial charge is 0.0408 e. The molecule has 0 bridgehead atoms. The first-order chi connectivity index (χ1) is 6.13. The fourth-order valence-electron chi connectivity index (χ4n) is 1.29. The summed E-state index contributed by atoms with van der Waals surface area (Å²) >= 11 is 11.8. The molecule has 2 N–H and O–H groups in total. The van der Waals surface area contributed by atoms with Crippen molar-refractivity contribution < 1.29 is 0 Å². The molecular weight excluding hydrogens is 205 g/mol. The lowest BCUT2D eigenvalue weighted by molar-refractivity contribution is 0.901. The Morgan fingerprint density at radius 2 is 2.08 bits per heavy atom. The van der Waals surface area contributed by atoms with Gasteiger partial charge in [-0.3, -0.25) is 0 Å².